The molecule has 1 N–H and O–H groups in total. The van der Waals surface area contributed by atoms with E-state index >= 15 is 0 Å². The van der Waals surface area contributed by atoms with Gasteiger partial charge in [-0.15, -0.1) is 0 Å². The zero-order valence-corrected chi connectivity index (χ0v) is 15.6. The van der Waals surface area contributed by atoms with Crippen molar-refractivity contribution in [3.63, 3.8) is 0 Å². The van der Waals surface area contributed by atoms with Crippen LogP contribution in [0, 0.1) is 0 Å². The van der Waals surface area contributed by atoms with Crippen LogP contribution in [0.5, 0.6) is 0 Å². The maximum atomic E-state index is 12.7. The summed E-state index contributed by atoms with van der Waals surface area (Å²) in [5.74, 6) is 0.0111. The molecular weight excluding hydrogens is 344 g/mol. The number of carbonyl (C=O) groups is 2. The molecule has 142 valence electrons. The Labute approximate surface area is 158 Å². The van der Waals surface area contributed by atoms with Gasteiger partial charge >= 0.3 is 5.97 Å². The molecule has 0 bridgehead atoms. The average Bonchev–Trinajstić information content (AvgIpc) is 2.73. The van der Waals surface area contributed by atoms with E-state index in [4.69, 9.17) is 4.74 Å². The molecule has 1 saturated heterocycles. The van der Waals surface area contributed by atoms with Gasteiger partial charge in [-0.05, 0) is 30.8 Å². The number of pyridine rings is 1. The molecule has 0 radical (unpaired) electrons. The topological polar surface area (TPSA) is 74.8 Å². The maximum absolute atomic E-state index is 12.7. The van der Waals surface area contributed by atoms with Crippen molar-refractivity contribution in [2.45, 2.75) is 6.92 Å². The molecule has 1 aromatic carbocycles. The highest BCUT2D eigenvalue weighted by Gasteiger charge is 2.19. The van der Waals surface area contributed by atoms with Gasteiger partial charge in [0, 0.05) is 37.9 Å². The first-order valence-corrected chi connectivity index (χ1v) is 9.04. The highest BCUT2D eigenvalue weighted by Crippen LogP contribution is 2.19. The van der Waals surface area contributed by atoms with Crippen LogP contribution < -0.4 is 10.2 Å². The lowest BCUT2D eigenvalue weighted by atomic mass is 10.1. The lowest BCUT2D eigenvalue weighted by Crippen LogP contribution is -2.46. The van der Waals surface area contributed by atoms with Gasteiger partial charge < -0.3 is 19.9 Å². The molecule has 0 saturated carbocycles. The van der Waals surface area contributed by atoms with Gasteiger partial charge in [-0.1, -0.05) is 19.1 Å². The molecule has 0 aliphatic carbocycles. The van der Waals surface area contributed by atoms with Gasteiger partial charge in [-0.25, -0.2) is 9.78 Å². The molecule has 1 fully saturated rings. The molecule has 1 aromatic heterocycles. The Balaban J connectivity index is 1.74. The van der Waals surface area contributed by atoms with Crippen molar-refractivity contribution in [1.82, 2.24) is 9.88 Å². The average molecular weight is 368 g/mol. The third-order valence-electron chi connectivity index (χ3n) is 4.73. The normalized spacial score (nSPS) is 14.7. The molecule has 0 spiro atoms. The quantitative estimate of drug-likeness (QED) is 0.816. The molecule has 1 aliphatic rings. The summed E-state index contributed by atoms with van der Waals surface area (Å²) in [5, 5.41) is 2.79. The molecule has 7 nitrogen and oxygen atoms in total. The summed E-state index contributed by atoms with van der Waals surface area (Å²) in [7, 11) is 1.31. The van der Waals surface area contributed by atoms with Gasteiger partial charge in [0.25, 0.3) is 5.91 Å². The summed E-state index contributed by atoms with van der Waals surface area (Å²) < 4.78 is 4.77. The zero-order chi connectivity index (χ0) is 19.2. The van der Waals surface area contributed by atoms with Crippen molar-refractivity contribution in [3.05, 3.63) is 53.7 Å². The lowest BCUT2D eigenvalue weighted by Gasteiger charge is -2.34. The maximum Gasteiger partial charge on any atom is 0.339 e. The molecule has 2 heterocycles. The van der Waals surface area contributed by atoms with Crippen molar-refractivity contribution >= 4 is 23.4 Å². The number of carbonyl (C=O) groups excluding carboxylic acids is 2. The molecule has 1 aliphatic heterocycles. The third-order valence-corrected chi connectivity index (χ3v) is 4.73. The number of hydrogen-bond donors (Lipinski definition) is 1. The number of rotatable bonds is 5. The van der Waals surface area contributed by atoms with E-state index in [9.17, 15) is 9.59 Å². The van der Waals surface area contributed by atoms with Gasteiger partial charge in [-0.2, -0.15) is 0 Å². The fraction of sp³-hybridized carbons (Fsp3) is 0.350. The van der Waals surface area contributed by atoms with E-state index in [0.717, 1.165) is 38.5 Å². The van der Waals surface area contributed by atoms with E-state index in [0.29, 0.717) is 16.8 Å². The number of amides is 1. The van der Waals surface area contributed by atoms with Gasteiger partial charge in [-0.3, -0.25) is 4.79 Å². The van der Waals surface area contributed by atoms with Crippen molar-refractivity contribution in [3.8, 4) is 0 Å². The first-order chi connectivity index (χ1) is 13.1. The summed E-state index contributed by atoms with van der Waals surface area (Å²) in [6, 6.07) is 10.2. The van der Waals surface area contributed by atoms with Crippen molar-refractivity contribution in [1.29, 1.82) is 0 Å². The number of hydrogen-bond acceptors (Lipinski definition) is 6. The minimum Gasteiger partial charge on any atom is -0.465 e. The smallest absolute Gasteiger partial charge is 0.339 e. The predicted octanol–water partition coefficient (Wildman–Crippen LogP) is 2.26. The SMILES string of the molecule is CCN1CCN(c2cc(C(=O)Nc3ccccc3C(=O)OC)ccn2)CC1. The second-order valence-electron chi connectivity index (χ2n) is 6.32. The van der Waals surface area contributed by atoms with Crippen molar-refractivity contribution < 1.29 is 14.3 Å². The van der Waals surface area contributed by atoms with Gasteiger partial charge in [0.1, 0.15) is 5.82 Å². The molecule has 0 atom stereocenters. The Morgan fingerprint density at radius 2 is 1.89 bits per heavy atom. The first kappa shape index (κ1) is 18.8. The third kappa shape index (κ3) is 4.43. The van der Waals surface area contributed by atoms with Crippen LogP contribution in [0.25, 0.3) is 0 Å². The van der Waals surface area contributed by atoms with Crippen LogP contribution in [0.4, 0.5) is 11.5 Å². The number of ether oxygens (including phenoxy) is 1. The largest absolute Gasteiger partial charge is 0.465 e. The minimum absolute atomic E-state index is 0.290. The van der Waals surface area contributed by atoms with Gasteiger partial charge in [0.15, 0.2) is 0 Å². The van der Waals surface area contributed by atoms with Gasteiger partial charge in [0.2, 0.25) is 0 Å². The Kier molecular flexibility index (Phi) is 6.03. The van der Waals surface area contributed by atoms with E-state index in [1.807, 2.05) is 0 Å². The highest BCUT2D eigenvalue weighted by molar-refractivity contribution is 6.08. The van der Waals surface area contributed by atoms with E-state index in [-0.39, 0.29) is 5.91 Å². The second-order valence-corrected chi connectivity index (χ2v) is 6.32. The molecule has 0 unspecified atom stereocenters. The number of benzene rings is 1. The lowest BCUT2D eigenvalue weighted by molar-refractivity contribution is 0.0602. The van der Waals surface area contributed by atoms with Crippen LogP contribution in [0.2, 0.25) is 0 Å². The zero-order valence-electron chi connectivity index (χ0n) is 15.6. The summed E-state index contributed by atoms with van der Waals surface area (Å²) in [6.45, 7) is 6.95. The highest BCUT2D eigenvalue weighted by atomic mass is 16.5. The summed E-state index contributed by atoms with van der Waals surface area (Å²) in [5.41, 5.74) is 1.24. The number of para-hydroxylation sites is 1. The number of anilines is 2. The Bertz CT molecular complexity index is 816. The Hall–Kier alpha value is -2.93. The fourth-order valence-electron chi connectivity index (χ4n) is 3.10. The molecule has 27 heavy (non-hydrogen) atoms. The Morgan fingerprint density at radius 3 is 2.59 bits per heavy atom. The summed E-state index contributed by atoms with van der Waals surface area (Å²) >= 11 is 0. The number of methoxy groups -OCH3 is 1. The molecule has 2 aromatic rings. The molecule has 1 amide bonds. The van der Waals surface area contributed by atoms with Crippen LogP contribution in [-0.2, 0) is 4.74 Å². The fourth-order valence-corrected chi connectivity index (χ4v) is 3.10. The molecule has 7 heteroatoms. The van der Waals surface area contributed by atoms with Crippen LogP contribution in [0.3, 0.4) is 0 Å². The van der Waals surface area contributed by atoms with Gasteiger partial charge in [0.05, 0.1) is 18.4 Å². The van der Waals surface area contributed by atoms with E-state index in [1.54, 1.807) is 42.6 Å². The Morgan fingerprint density at radius 1 is 1.15 bits per heavy atom. The molecular formula is C20H24N4O3. The first-order valence-electron chi connectivity index (χ1n) is 9.04. The van der Waals surface area contributed by atoms with Crippen molar-refractivity contribution in [2.75, 3.05) is 50.1 Å². The van der Waals surface area contributed by atoms with Crippen LogP contribution >= 0.6 is 0 Å². The number of nitrogens with one attached hydrogen (secondary N) is 1. The summed E-state index contributed by atoms with van der Waals surface area (Å²) in [6.07, 6.45) is 1.64. The van der Waals surface area contributed by atoms with Crippen LogP contribution in [-0.4, -0.2) is 61.6 Å². The summed E-state index contributed by atoms with van der Waals surface area (Å²) in [4.78, 5) is 33.6. The second kappa shape index (κ2) is 8.64. The van der Waals surface area contributed by atoms with Crippen LogP contribution in [0.1, 0.15) is 27.6 Å². The molecule has 3 rings (SSSR count). The van der Waals surface area contributed by atoms with Crippen molar-refractivity contribution in [2.24, 2.45) is 0 Å². The van der Waals surface area contributed by atoms with E-state index in [2.05, 4.69) is 27.0 Å². The standard InChI is InChI=1S/C20H24N4O3/c1-3-23-10-12-24(13-11-23)18-14-15(8-9-21-18)19(25)22-17-7-5-4-6-16(17)20(26)27-2/h4-9,14H,3,10-13H2,1-2H3,(H,22,25). The minimum atomic E-state index is -0.491. The van der Waals surface area contributed by atoms with E-state index < -0.39 is 5.97 Å². The van der Waals surface area contributed by atoms with Crippen LogP contribution in [0.15, 0.2) is 42.6 Å². The predicted molar refractivity (Wildman–Crippen MR) is 104 cm³/mol. The monoisotopic (exact) mass is 368 g/mol. The number of piperazine rings is 1. The number of nitrogens with zero attached hydrogens (tertiary/aromatic N) is 3. The number of likely N-dealkylation sites (N-methyl/N-ethyl adjacent to an activating group) is 1. The number of esters is 1. The van der Waals surface area contributed by atoms with E-state index in [1.165, 1.54) is 7.11 Å². The number of aromatic nitrogens is 1.